The fraction of sp³-hybridized carbons (Fsp3) is 0.800. The van der Waals surface area contributed by atoms with Crippen molar-refractivity contribution in [3.63, 3.8) is 0 Å². The van der Waals surface area contributed by atoms with Gasteiger partial charge in [0.15, 0.2) is 5.92 Å². The first kappa shape index (κ1) is 18.7. The first-order valence-electron chi connectivity index (χ1n) is 7.69. The molecule has 0 spiro atoms. The van der Waals surface area contributed by atoms with E-state index in [-0.39, 0.29) is 30.9 Å². The van der Waals surface area contributed by atoms with E-state index in [1.165, 1.54) is 0 Å². The van der Waals surface area contributed by atoms with E-state index < -0.39 is 23.8 Å². The third-order valence-corrected chi connectivity index (χ3v) is 4.09. The summed E-state index contributed by atoms with van der Waals surface area (Å²) < 4.78 is 9.93. The standard InChI is InChI=1S/C15H24ClNO5/c1-4-7-17-9-10(8-16)11(13(17)18)12(14(19)21-5-2)15(20)22-6-3/h10-12H,4-9H2,1-3H3. The monoisotopic (exact) mass is 333 g/mol. The molecule has 7 heteroatoms. The van der Waals surface area contributed by atoms with Crippen LogP contribution in [0.25, 0.3) is 0 Å². The summed E-state index contributed by atoms with van der Waals surface area (Å²) in [5, 5.41) is 0. The Morgan fingerprint density at radius 1 is 1.23 bits per heavy atom. The van der Waals surface area contributed by atoms with Crippen LogP contribution in [0.5, 0.6) is 0 Å². The Morgan fingerprint density at radius 3 is 2.18 bits per heavy atom. The summed E-state index contributed by atoms with van der Waals surface area (Å²) in [5.41, 5.74) is 0. The van der Waals surface area contributed by atoms with E-state index in [1.54, 1.807) is 18.7 Å². The average molecular weight is 334 g/mol. The topological polar surface area (TPSA) is 72.9 Å². The number of hydrogen-bond acceptors (Lipinski definition) is 5. The minimum atomic E-state index is -1.24. The van der Waals surface area contributed by atoms with Gasteiger partial charge in [-0.2, -0.15) is 0 Å². The molecule has 1 heterocycles. The second-order valence-corrected chi connectivity index (χ2v) is 5.51. The van der Waals surface area contributed by atoms with Crippen molar-refractivity contribution in [1.29, 1.82) is 0 Å². The zero-order valence-corrected chi connectivity index (χ0v) is 14.1. The summed E-state index contributed by atoms with van der Waals surface area (Å²) in [7, 11) is 0. The van der Waals surface area contributed by atoms with Gasteiger partial charge in [-0.25, -0.2) is 0 Å². The lowest BCUT2D eigenvalue weighted by Crippen LogP contribution is -2.41. The summed E-state index contributed by atoms with van der Waals surface area (Å²) >= 11 is 5.96. The van der Waals surface area contributed by atoms with Gasteiger partial charge in [0.05, 0.1) is 19.1 Å². The molecule has 126 valence electrons. The normalized spacial score (nSPS) is 21.3. The molecule has 1 aliphatic heterocycles. The minimum absolute atomic E-state index is 0.139. The number of carbonyl (C=O) groups excluding carboxylic acids is 3. The second kappa shape index (κ2) is 8.98. The molecule has 2 atom stereocenters. The van der Waals surface area contributed by atoms with Gasteiger partial charge in [-0.15, -0.1) is 11.6 Å². The molecule has 2 unspecified atom stereocenters. The van der Waals surface area contributed by atoms with Gasteiger partial charge in [-0.3, -0.25) is 14.4 Å². The summed E-state index contributed by atoms with van der Waals surface area (Å²) in [6, 6.07) is 0. The van der Waals surface area contributed by atoms with Crippen LogP contribution in [0.2, 0.25) is 0 Å². The molecule has 0 saturated carbocycles. The number of carbonyl (C=O) groups is 3. The number of halogens is 1. The Kier molecular flexibility index (Phi) is 7.65. The maximum absolute atomic E-state index is 12.6. The molecule has 0 aliphatic carbocycles. The van der Waals surface area contributed by atoms with Crippen LogP contribution in [0, 0.1) is 17.8 Å². The lowest BCUT2D eigenvalue weighted by Gasteiger charge is -2.22. The molecule has 1 rings (SSSR count). The van der Waals surface area contributed by atoms with Crippen molar-refractivity contribution in [3.05, 3.63) is 0 Å². The third kappa shape index (κ3) is 4.12. The number of alkyl halides is 1. The Hall–Kier alpha value is -1.30. The van der Waals surface area contributed by atoms with Crippen LogP contribution in [0.3, 0.4) is 0 Å². The van der Waals surface area contributed by atoms with Crippen LogP contribution in [0.15, 0.2) is 0 Å². The Labute approximate surface area is 136 Å². The highest BCUT2D eigenvalue weighted by molar-refractivity contribution is 6.18. The summed E-state index contributed by atoms with van der Waals surface area (Å²) in [6.45, 7) is 6.58. The van der Waals surface area contributed by atoms with Gasteiger partial charge in [-0.05, 0) is 20.3 Å². The first-order valence-corrected chi connectivity index (χ1v) is 8.23. The molecule has 22 heavy (non-hydrogen) atoms. The Bertz CT molecular complexity index is 397. The summed E-state index contributed by atoms with van der Waals surface area (Å²) in [5.74, 6) is -3.76. The van der Waals surface area contributed by atoms with Crippen LogP contribution in [-0.2, 0) is 23.9 Å². The largest absolute Gasteiger partial charge is 0.465 e. The van der Waals surface area contributed by atoms with Gasteiger partial charge < -0.3 is 14.4 Å². The van der Waals surface area contributed by atoms with E-state index >= 15 is 0 Å². The highest BCUT2D eigenvalue weighted by atomic mass is 35.5. The quantitative estimate of drug-likeness (QED) is 0.382. The molecule has 0 radical (unpaired) electrons. The van der Waals surface area contributed by atoms with Crippen molar-refractivity contribution < 1.29 is 23.9 Å². The van der Waals surface area contributed by atoms with Crippen LogP contribution < -0.4 is 0 Å². The molecule has 1 fully saturated rings. The molecule has 1 amide bonds. The Balaban J connectivity index is 3.06. The molecule has 1 saturated heterocycles. The molecule has 0 N–H and O–H groups in total. The van der Waals surface area contributed by atoms with E-state index in [1.807, 2.05) is 6.92 Å². The van der Waals surface area contributed by atoms with Gasteiger partial charge in [0.2, 0.25) is 5.91 Å². The number of rotatable bonds is 8. The molecular formula is C15H24ClNO5. The van der Waals surface area contributed by atoms with Crippen LogP contribution in [-0.4, -0.2) is 54.9 Å². The van der Waals surface area contributed by atoms with Crippen molar-refractivity contribution in [3.8, 4) is 0 Å². The maximum atomic E-state index is 12.6. The van der Waals surface area contributed by atoms with Gasteiger partial charge in [-0.1, -0.05) is 6.92 Å². The lowest BCUT2D eigenvalue weighted by atomic mass is 9.84. The van der Waals surface area contributed by atoms with E-state index in [4.69, 9.17) is 21.1 Å². The highest BCUT2D eigenvalue weighted by Crippen LogP contribution is 2.33. The van der Waals surface area contributed by atoms with Gasteiger partial charge in [0.1, 0.15) is 0 Å². The van der Waals surface area contributed by atoms with Gasteiger partial charge in [0, 0.05) is 24.9 Å². The summed E-state index contributed by atoms with van der Waals surface area (Å²) in [6.07, 6.45) is 0.803. The molecule has 1 aliphatic rings. The zero-order chi connectivity index (χ0) is 16.7. The van der Waals surface area contributed by atoms with Crippen molar-refractivity contribution in [2.24, 2.45) is 17.8 Å². The molecule has 0 aromatic heterocycles. The minimum Gasteiger partial charge on any atom is -0.465 e. The predicted octanol–water partition coefficient (Wildman–Crippen LogP) is 1.45. The Morgan fingerprint density at radius 2 is 1.77 bits per heavy atom. The average Bonchev–Trinajstić information content (AvgIpc) is 2.78. The number of amides is 1. The van der Waals surface area contributed by atoms with Crippen LogP contribution >= 0.6 is 11.6 Å². The molecule has 6 nitrogen and oxygen atoms in total. The fourth-order valence-corrected chi connectivity index (χ4v) is 3.07. The predicted molar refractivity (Wildman–Crippen MR) is 81.3 cm³/mol. The number of esters is 2. The van der Waals surface area contributed by atoms with Crippen molar-refractivity contribution in [2.45, 2.75) is 27.2 Å². The van der Waals surface area contributed by atoms with Crippen molar-refractivity contribution >= 4 is 29.4 Å². The second-order valence-electron chi connectivity index (χ2n) is 5.21. The van der Waals surface area contributed by atoms with Crippen molar-refractivity contribution in [2.75, 3.05) is 32.2 Å². The molecule has 0 bridgehead atoms. The van der Waals surface area contributed by atoms with Crippen molar-refractivity contribution in [1.82, 2.24) is 4.90 Å². The number of hydrogen-bond donors (Lipinski definition) is 0. The lowest BCUT2D eigenvalue weighted by molar-refractivity contribution is -0.167. The van der Waals surface area contributed by atoms with E-state index in [0.717, 1.165) is 6.42 Å². The van der Waals surface area contributed by atoms with Crippen LogP contribution in [0.1, 0.15) is 27.2 Å². The third-order valence-electron chi connectivity index (χ3n) is 3.69. The fourth-order valence-electron chi connectivity index (χ4n) is 2.78. The highest BCUT2D eigenvalue weighted by Gasteiger charge is 2.51. The number of nitrogens with zero attached hydrogens (tertiary/aromatic N) is 1. The zero-order valence-electron chi connectivity index (χ0n) is 13.3. The maximum Gasteiger partial charge on any atom is 0.321 e. The van der Waals surface area contributed by atoms with Crippen LogP contribution in [0.4, 0.5) is 0 Å². The van der Waals surface area contributed by atoms with E-state index in [0.29, 0.717) is 13.1 Å². The van der Waals surface area contributed by atoms with E-state index in [9.17, 15) is 14.4 Å². The SMILES string of the molecule is CCCN1CC(CCl)C(C(C(=O)OCC)C(=O)OCC)C1=O. The number of likely N-dealkylation sites (tertiary alicyclic amines) is 1. The summed E-state index contributed by atoms with van der Waals surface area (Å²) in [4.78, 5) is 38.6. The van der Waals surface area contributed by atoms with Gasteiger partial charge in [0.25, 0.3) is 0 Å². The molecule has 0 aromatic rings. The van der Waals surface area contributed by atoms with Gasteiger partial charge >= 0.3 is 11.9 Å². The smallest absolute Gasteiger partial charge is 0.321 e. The van der Waals surface area contributed by atoms with E-state index in [2.05, 4.69) is 0 Å². The molecular weight excluding hydrogens is 310 g/mol. The molecule has 0 aromatic carbocycles. The first-order chi connectivity index (χ1) is 10.5. The number of ether oxygens (including phenoxy) is 2.